The van der Waals surface area contributed by atoms with Gasteiger partial charge in [-0.1, -0.05) is 18.2 Å². The van der Waals surface area contributed by atoms with Gasteiger partial charge in [0, 0.05) is 30.2 Å². The number of hydrogen-bond donors (Lipinski definition) is 1. The van der Waals surface area contributed by atoms with Crippen LogP contribution in [0.15, 0.2) is 24.3 Å². The van der Waals surface area contributed by atoms with Gasteiger partial charge in [0.2, 0.25) is 0 Å². The van der Waals surface area contributed by atoms with Crippen LogP contribution < -0.4 is 10.1 Å². The van der Waals surface area contributed by atoms with Crippen molar-refractivity contribution in [2.45, 2.75) is 13.3 Å². The van der Waals surface area contributed by atoms with Gasteiger partial charge in [0.05, 0.1) is 12.6 Å². The maximum absolute atomic E-state index is 5.51. The Balaban J connectivity index is 2.30. The van der Waals surface area contributed by atoms with E-state index in [0.717, 1.165) is 25.3 Å². The molecule has 0 unspecified atom stereocenters. The number of benzene rings is 1. The van der Waals surface area contributed by atoms with Crippen LogP contribution in [-0.2, 0) is 7.05 Å². The molecule has 1 aliphatic heterocycles. The number of methoxy groups -OCH3 is 1. The minimum atomic E-state index is 0.948. The van der Waals surface area contributed by atoms with Gasteiger partial charge in [-0.2, -0.15) is 0 Å². The maximum atomic E-state index is 5.51. The van der Waals surface area contributed by atoms with Crippen molar-refractivity contribution in [3.05, 3.63) is 35.5 Å². The van der Waals surface area contributed by atoms with Gasteiger partial charge in [0.25, 0.3) is 0 Å². The topological polar surface area (TPSA) is 26.2 Å². The number of aromatic nitrogens is 1. The molecule has 1 N–H and O–H groups in total. The molecule has 0 bridgehead atoms. The van der Waals surface area contributed by atoms with Crippen LogP contribution in [0.25, 0.3) is 16.5 Å². The number of para-hydroxylation sites is 1. The summed E-state index contributed by atoms with van der Waals surface area (Å²) in [5.74, 6) is 0.948. The molecule has 3 nitrogen and oxygen atoms in total. The predicted octanol–water partition coefficient (Wildman–Crippen LogP) is 2.87. The fraction of sp³-hybridized carbons (Fsp3) is 0.375. The highest BCUT2D eigenvalue weighted by atomic mass is 16.5. The SMILES string of the molecule is COc1cccc2c(C3=CCNCC3)c(C)n(C)c12. The van der Waals surface area contributed by atoms with Crippen LogP contribution in [0.1, 0.15) is 17.7 Å². The molecule has 0 saturated carbocycles. The van der Waals surface area contributed by atoms with Crippen molar-refractivity contribution in [2.75, 3.05) is 20.2 Å². The number of aryl methyl sites for hydroxylation is 1. The summed E-state index contributed by atoms with van der Waals surface area (Å²) < 4.78 is 7.75. The Morgan fingerprint density at radius 1 is 1.32 bits per heavy atom. The van der Waals surface area contributed by atoms with Gasteiger partial charge in [-0.15, -0.1) is 0 Å². The smallest absolute Gasteiger partial charge is 0.143 e. The predicted molar refractivity (Wildman–Crippen MR) is 79.7 cm³/mol. The van der Waals surface area contributed by atoms with Crippen molar-refractivity contribution in [2.24, 2.45) is 7.05 Å². The van der Waals surface area contributed by atoms with E-state index in [2.05, 4.69) is 42.1 Å². The highest BCUT2D eigenvalue weighted by molar-refractivity contribution is 5.98. The molecule has 3 rings (SSSR count). The van der Waals surface area contributed by atoms with Gasteiger partial charge < -0.3 is 14.6 Å². The molecule has 0 spiro atoms. The van der Waals surface area contributed by atoms with E-state index in [9.17, 15) is 0 Å². The van der Waals surface area contributed by atoms with E-state index in [0.29, 0.717) is 0 Å². The molecule has 1 aromatic carbocycles. The summed E-state index contributed by atoms with van der Waals surface area (Å²) in [6.45, 7) is 4.22. The zero-order chi connectivity index (χ0) is 13.4. The van der Waals surface area contributed by atoms with Crippen LogP contribution in [-0.4, -0.2) is 24.8 Å². The second-order valence-electron chi connectivity index (χ2n) is 5.06. The van der Waals surface area contributed by atoms with Crippen molar-refractivity contribution in [1.29, 1.82) is 0 Å². The van der Waals surface area contributed by atoms with Crippen molar-refractivity contribution >= 4 is 16.5 Å². The van der Waals surface area contributed by atoms with Crippen molar-refractivity contribution in [1.82, 2.24) is 9.88 Å². The highest BCUT2D eigenvalue weighted by Gasteiger charge is 2.18. The lowest BCUT2D eigenvalue weighted by Gasteiger charge is -2.14. The van der Waals surface area contributed by atoms with E-state index < -0.39 is 0 Å². The van der Waals surface area contributed by atoms with E-state index in [1.807, 2.05) is 6.07 Å². The van der Waals surface area contributed by atoms with Crippen LogP contribution in [0.4, 0.5) is 0 Å². The summed E-state index contributed by atoms with van der Waals surface area (Å²) in [5.41, 5.74) is 5.34. The molecule has 1 aromatic heterocycles. The average molecular weight is 256 g/mol. The maximum Gasteiger partial charge on any atom is 0.143 e. The fourth-order valence-electron chi connectivity index (χ4n) is 3.02. The van der Waals surface area contributed by atoms with Crippen LogP contribution in [0.3, 0.4) is 0 Å². The Kier molecular flexibility index (Phi) is 3.07. The minimum absolute atomic E-state index is 0.948. The lowest BCUT2D eigenvalue weighted by Crippen LogP contribution is -2.20. The number of nitrogens with zero attached hydrogens (tertiary/aromatic N) is 1. The molecular weight excluding hydrogens is 236 g/mol. The fourth-order valence-corrected chi connectivity index (χ4v) is 3.02. The van der Waals surface area contributed by atoms with E-state index >= 15 is 0 Å². The Labute approximate surface area is 113 Å². The molecule has 0 fully saturated rings. The second kappa shape index (κ2) is 4.74. The Morgan fingerprint density at radius 3 is 2.84 bits per heavy atom. The van der Waals surface area contributed by atoms with E-state index in [1.165, 1.54) is 27.7 Å². The molecular formula is C16H20N2O. The number of nitrogens with one attached hydrogen (secondary N) is 1. The summed E-state index contributed by atoms with van der Waals surface area (Å²) in [7, 11) is 3.85. The second-order valence-corrected chi connectivity index (χ2v) is 5.06. The summed E-state index contributed by atoms with van der Waals surface area (Å²) in [6.07, 6.45) is 3.40. The quantitative estimate of drug-likeness (QED) is 0.894. The molecule has 19 heavy (non-hydrogen) atoms. The van der Waals surface area contributed by atoms with Crippen LogP contribution in [0, 0.1) is 6.92 Å². The third kappa shape index (κ3) is 1.85. The van der Waals surface area contributed by atoms with Crippen molar-refractivity contribution in [3.63, 3.8) is 0 Å². The molecule has 0 atom stereocenters. The van der Waals surface area contributed by atoms with Gasteiger partial charge in [-0.3, -0.25) is 0 Å². The van der Waals surface area contributed by atoms with E-state index in [1.54, 1.807) is 7.11 Å². The molecule has 3 heteroatoms. The standard InChI is InChI=1S/C16H20N2O/c1-11-15(12-7-9-17-10-8-12)13-5-4-6-14(19-3)16(13)18(11)2/h4-7,17H,8-10H2,1-3H3. The summed E-state index contributed by atoms with van der Waals surface area (Å²) >= 11 is 0. The first-order valence-electron chi connectivity index (χ1n) is 6.76. The molecule has 1 aliphatic rings. The van der Waals surface area contributed by atoms with Crippen molar-refractivity contribution < 1.29 is 4.74 Å². The van der Waals surface area contributed by atoms with Gasteiger partial charge in [-0.05, 0) is 31.5 Å². The third-order valence-electron chi connectivity index (χ3n) is 4.07. The molecule has 2 aromatic rings. The average Bonchev–Trinajstić information content (AvgIpc) is 2.72. The minimum Gasteiger partial charge on any atom is -0.495 e. The Hall–Kier alpha value is -1.74. The normalized spacial score (nSPS) is 15.6. The summed E-state index contributed by atoms with van der Waals surface area (Å²) in [5, 5.41) is 4.67. The van der Waals surface area contributed by atoms with E-state index in [-0.39, 0.29) is 0 Å². The molecule has 0 saturated heterocycles. The van der Waals surface area contributed by atoms with Gasteiger partial charge in [0.1, 0.15) is 5.75 Å². The summed E-state index contributed by atoms with van der Waals surface area (Å²) in [6, 6.07) is 6.30. The number of hydrogen-bond acceptors (Lipinski definition) is 2. The number of rotatable bonds is 2. The monoisotopic (exact) mass is 256 g/mol. The molecule has 2 heterocycles. The first kappa shape index (κ1) is 12.3. The van der Waals surface area contributed by atoms with Crippen LogP contribution in [0.2, 0.25) is 0 Å². The van der Waals surface area contributed by atoms with Crippen LogP contribution in [0.5, 0.6) is 5.75 Å². The first-order chi connectivity index (χ1) is 9.24. The number of ether oxygens (including phenoxy) is 1. The van der Waals surface area contributed by atoms with Gasteiger partial charge in [0.15, 0.2) is 0 Å². The van der Waals surface area contributed by atoms with E-state index in [4.69, 9.17) is 4.74 Å². The molecule has 0 radical (unpaired) electrons. The molecule has 100 valence electrons. The molecule has 0 aliphatic carbocycles. The Bertz CT molecular complexity index is 652. The lowest BCUT2D eigenvalue weighted by atomic mass is 9.97. The van der Waals surface area contributed by atoms with Crippen molar-refractivity contribution in [3.8, 4) is 5.75 Å². The lowest BCUT2D eigenvalue weighted by molar-refractivity contribution is 0.418. The van der Waals surface area contributed by atoms with Gasteiger partial charge >= 0.3 is 0 Å². The first-order valence-corrected chi connectivity index (χ1v) is 6.76. The Morgan fingerprint density at radius 2 is 2.16 bits per heavy atom. The largest absolute Gasteiger partial charge is 0.495 e. The highest BCUT2D eigenvalue weighted by Crippen LogP contribution is 2.36. The molecule has 0 amide bonds. The zero-order valence-corrected chi connectivity index (χ0v) is 11.8. The number of fused-ring (bicyclic) bond motifs is 1. The third-order valence-corrected chi connectivity index (χ3v) is 4.07. The van der Waals surface area contributed by atoms with Crippen LogP contribution >= 0.6 is 0 Å². The summed E-state index contributed by atoms with van der Waals surface area (Å²) in [4.78, 5) is 0. The zero-order valence-electron chi connectivity index (χ0n) is 11.8. The van der Waals surface area contributed by atoms with Gasteiger partial charge in [-0.25, -0.2) is 0 Å².